The topological polar surface area (TPSA) is 48.8 Å². The largest absolute Gasteiger partial charge is 0.355 e. The molecule has 0 aliphatic carbocycles. The highest BCUT2D eigenvalue weighted by molar-refractivity contribution is 5.79. The Bertz CT molecular complexity index is 108. The lowest BCUT2D eigenvalue weighted by molar-refractivity contribution is 0.876. The lowest BCUT2D eigenvalue weighted by Gasteiger charge is -2.03. The van der Waals surface area contributed by atoms with Crippen molar-refractivity contribution in [2.45, 2.75) is 6.92 Å². The third-order valence-electron chi connectivity index (χ3n) is 0.753. The summed E-state index contributed by atoms with van der Waals surface area (Å²) in [5.41, 5.74) is 2.59. The smallest absolute Gasteiger partial charge is 0.211 e. The Morgan fingerprint density at radius 1 is 1.67 bits per heavy atom. The zero-order chi connectivity index (χ0) is 7.11. The van der Waals surface area contributed by atoms with Crippen LogP contribution in [-0.4, -0.2) is 26.3 Å². The highest BCUT2D eigenvalue weighted by Gasteiger charge is 1.87. The Kier molecular flexibility index (Phi) is 4.49. The molecular formula is C5H12N4. The lowest BCUT2D eigenvalue weighted by Crippen LogP contribution is -2.33. The molecular weight excluding hydrogens is 116 g/mol. The van der Waals surface area contributed by atoms with Crippen LogP contribution < -0.4 is 10.7 Å². The first-order valence-corrected chi connectivity index (χ1v) is 2.77. The predicted octanol–water partition coefficient (Wildman–Crippen LogP) is -0.213. The van der Waals surface area contributed by atoms with Crippen LogP contribution in [-0.2, 0) is 0 Å². The second-order valence-corrected chi connectivity index (χ2v) is 1.37. The van der Waals surface area contributed by atoms with Crippen LogP contribution in [0, 0.1) is 0 Å². The summed E-state index contributed by atoms with van der Waals surface area (Å²) < 4.78 is 0. The van der Waals surface area contributed by atoms with Gasteiger partial charge < -0.3 is 5.32 Å². The Hall–Kier alpha value is -1.06. The van der Waals surface area contributed by atoms with Crippen molar-refractivity contribution in [2.24, 2.45) is 10.1 Å². The van der Waals surface area contributed by atoms with Crippen LogP contribution in [0.25, 0.3) is 0 Å². The molecule has 0 heterocycles. The van der Waals surface area contributed by atoms with Gasteiger partial charge in [0.05, 0.1) is 0 Å². The number of hydrogen-bond donors (Lipinski definition) is 2. The number of hydrogen-bond acceptors (Lipinski definition) is 2. The first kappa shape index (κ1) is 7.94. The van der Waals surface area contributed by atoms with Crippen molar-refractivity contribution in [2.75, 3.05) is 13.6 Å². The van der Waals surface area contributed by atoms with Gasteiger partial charge in [-0.05, 0) is 6.92 Å². The van der Waals surface area contributed by atoms with E-state index < -0.39 is 0 Å². The summed E-state index contributed by atoms with van der Waals surface area (Å²) in [4.78, 5) is 3.83. The van der Waals surface area contributed by atoms with E-state index in [4.69, 9.17) is 0 Å². The maximum atomic E-state index is 3.83. The fourth-order valence-electron chi connectivity index (χ4n) is 0.411. The average molecular weight is 128 g/mol. The van der Waals surface area contributed by atoms with Gasteiger partial charge in [0, 0.05) is 20.3 Å². The third kappa shape index (κ3) is 3.52. The van der Waals surface area contributed by atoms with Gasteiger partial charge in [0.1, 0.15) is 0 Å². The molecule has 0 bridgehead atoms. The fourth-order valence-corrected chi connectivity index (χ4v) is 0.411. The Balaban J connectivity index is 3.55. The van der Waals surface area contributed by atoms with Crippen molar-refractivity contribution < 1.29 is 0 Å². The Morgan fingerprint density at radius 2 is 2.33 bits per heavy atom. The van der Waals surface area contributed by atoms with Gasteiger partial charge in [-0.1, -0.05) is 0 Å². The van der Waals surface area contributed by atoms with Crippen LogP contribution in [0.2, 0.25) is 0 Å². The third-order valence-corrected chi connectivity index (χ3v) is 0.753. The Labute approximate surface area is 55.1 Å². The minimum atomic E-state index is 0.646. The van der Waals surface area contributed by atoms with Crippen molar-refractivity contribution in [1.82, 2.24) is 10.7 Å². The van der Waals surface area contributed by atoms with Crippen LogP contribution in [0.15, 0.2) is 10.1 Å². The number of guanidine groups is 1. The molecule has 4 heteroatoms. The van der Waals surface area contributed by atoms with Crippen LogP contribution in [0.1, 0.15) is 6.92 Å². The average Bonchev–Trinajstić information content (AvgIpc) is 1.88. The summed E-state index contributed by atoms with van der Waals surface area (Å²) in [6.07, 6.45) is 0. The molecule has 9 heavy (non-hydrogen) atoms. The quantitative estimate of drug-likeness (QED) is 0.307. The summed E-state index contributed by atoms with van der Waals surface area (Å²) in [5.74, 6) is 0.646. The van der Waals surface area contributed by atoms with Gasteiger partial charge in [0.25, 0.3) is 0 Å². The summed E-state index contributed by atoms with van der Waals surface area (Å²) in [6.45, 7) is 6.06. The molecule has 0 aromatic heterocycles. The standard InChI is InChI=1S/C5H12N4/c1-4-8-5(6-2)9-7-3/h3-4H2,1-2H3,(H2,6,8,9). The maximum absolute atomic E-state index is 3.83. The van der Waals surface area contributed by atoms with E-state index >= 15 is 0 Å². The molecule has 0 unspecified atom stereocenters. The summed E-state index contributed by atoms with van der Waals surface area (Å²) in [6, 6.07) is 0. The van der Waals surface area contributed by atoms with Gasteiger partial charge in [-0.25, -0.2) is 5.43 Å². The van der Waals surface area contributed by atoms with Crippen LogP contribution in [0.4, 0.5) is 0 Å². The van der Waals surface area contributed by atoms with Gasteiger partial charge in [-0.3, -0.25) is 4.99 Å². The summed E-state index contributed by atoms with van der Waals surface area (Å²) >= 11 is 0. The molecule has 0 spiro atoms. The molecule has 4 nitrogen and oxygen atoms in total. The highest BCUT2D eigenvalue weighted by atomic mass is 15.4. The molecule has 2 N–H and O–H groups in total. The molecule has 0 saturated carbocycles. The second kappa shape index (κ2) is 5.08. The van der Waals surface area contributed by atoms with Gasteiger partial charge in [-0.2, -0.15) is 5.10 Å². The highest BCUT2D eigenvalue weighted by Crippen LogP contribution is 1.63. The molecule has 0 aliphatic rings. The monoisotopic (exact) mass is 128 g/mol. The van der Waals surface area contributed by atoms with Crippen molar-refractivity contribution in [3.05, 3.63) is 0 Å². The molecule has 0 amide bonds. The normalized spacial score (nSPS) is 10.7. The van der Waals surface area contributed by atoms with Crippen molar-refractivity contribution in [3.63, 3.8) is 0 Å². The van der Waals surface area contributed by atoms with E-state index in [0.717, 1.165) is 6.54 Å². The van der Waals surface area contributed by atoms with Gasteiger partial charge in [0.15, 0.2) is 0 Å². The molecule has 0 fully saturated rings. The van der Waals surface area contributed by atoms with E-state index in [1.165, 1.54) is 0 Å². The SMILES string of the molecule is C=NNC(=NC)NCC. The van der Waals surface area contributed by atoms with Crippen LogP contribution >= 0.6 is 0 Å². The molecule has 0 radical (unpaired) electrons. The van der Waals surface area contributed by atoms with E-state index in [1.807, 2.05) is 6.92 Å². The molecule has 52 valence electrons. The second-order valence-electron chi connectivity index (χ2n) is 1.37. The molecule has 0 saturated heterocycles. The fraction of sp³-hybridized carbons (Fsp3) is 0.600. The van der Waals surface area contributed by atoms with Crippen LogP contribution in [0.3, 0.4) is 0 Å². The van der Waals surface area contributed by atoms with Gasteiger partial charge >= 0.3 is 0 Å². The lowest BCUT2D eigenvalue weighted by atomic mass is 10.7. The van der Waals surface area contributed by atoms with Gasteiger partial charge in [-0.15, -0.1) is 0 Å². The van der Waals surface area contributed by atoms with Crippen molar-refractivity contribution in [1.29, 1.82) is 0 Å². The number of aliphatic imine (C=N–C) groups is 1. The van der Waals surface area contributed by atoms with Gasteiger partial charge in [0.2, 0.25) is 5.96 Å². The van der Waals surface area contributed by atoms with E-state index in [-0.39, 0.29) is 0 Å². The predicted molar refractivity (Wildman–Crippen MR) is 39.7 cm³/mol. The zero-order valence-corrected chi connectivity index (χ0v) is 5.81. The molecule has 0 aromatic rings. The van der Waals surface area contributed by atoms with E-state index in [2.05, 4.69) is 27.6 Å². The zero-order valence-electron chi connectivity index (χ0n) is 5.81. The first-order chi connectivity index (χ1) is 4.35. The van der Waals surface area contributed by atoms with E-state index in [1.54, 1.807) is 7.05 Å². The number of hydrazone groups is 1. The van der Waals surface area contributed by atoms with Crippen LogP contribution in [0.5, 0.6) is 0 Å². The molecule has 0 aliphatic heterocycles. The first-order valence-electron chi connectivity index (χ1n) is 2.77. The molecule has 0 atom stereocenters. The minimum absolute atomic E-state index is 0.646. The molecule has 0 rings (SSSR count). The van der Waals surface area contributed by atoms with Crippen molar-refractivity contribution >= 4 is 12.7 Å². The van der Waals surface area contributed by atoms with Crippen molar-refractivity contribution in [3.8, 4) is 0 Å². The minimum Gasteiger partial charge on any atom is -0.355 e. The molecule has 0 aromatic carbocycles. The number of rotatable bonds is 2. The maximum Gasteiger partial charge on any atom is 0.211 e. The number of nitrogens with zero attached hydrogens (tertiary/aromatic N) is 2. The van der Waals surface area contributed by atoms with E-state index in [9.17, 15) is 0 Å². The summed E-state index contributed by atoms with van der Waals surface area (Å²) in [7, 11) is 1.68. The summed E-state index contributed by atoms with van der Waals surface area (Å²) in [5, 5.41) is 6.37. The van der Waals surface area contributed by atoms with E-state index in [0.29, 0.717) is 5.96 Å². The number of nitrogens with one attached hydrogen (secondary N) is 2. The Morgan fingerprint density at radius 3 is 2.67 bits per heavy atom.